The molecule has 0 radical (unpaired) electrons. The minimum atomic E-state index is -0.318. The number of nitrogens with zero attached hydrogens (tertiary/aromatic N) is 2. The lowest BCUT2D eigenvalue weighted by Crippen LogP contribution is -2.17. The van der Waals surface area contributed by atoms with E-state index < -0.39 is 0 Å². The molecule has 0 aliphatic carbocycles. The first-order valence-corrected chi connectivity index (χ1v) is 6.95. The zero-order chi connectivity index (χ0) is 16.4. The molecule has 1 heterocycles. The van der Waals surface area contributed by atoms with Gasteiger partial charge in [0, 0.05) is 24.1 Å². The van der Waals surface area contributed by atoms with Gasteiger partial charge in [-0.15, -0.1) is 0 Å². The minimum Gasteiger partial charge on any atom is -0.504 e. The number of rotatable bonds is 3. The normalized spacial score (nSPS) is 11.2. The lowest BCUT2D eigenvalue weighted by molar-refractivity contribution is 0.0956. The summed E-state index contributed by atoms with van der Waals surface area (Å²) in [6.07, 6.45) is 3.14. The number of carbonyl (C=O) groups excluding carboxylic acids is 1. The number of aromatic nitrogens is 1. The second kappa shape index (κ2) is 5.84. The third-order valence-corrected chi connectivity index (χ3v) is 3.52. The van der Waals surface area contributed by atoms with Crippen molar-refractivity contribution in [1.29, 1.82) is 0 Å². The fourth-order valence-corrected chi connectivity index (χ4v) is 2.37. The number of carbonyl (C=O) groups is 1. The van der Waals surface area contributed by atoms with Gasteiger partial charge < -0.3 is 14.8 Å². The third kappa shape index (κ3) is 2.87. The Morgan fingerprint density at radius 1 is 1.17 bits per heavy atom. The van der Waals surface area contributed by atoms with Crippen LogP contribution < -0.4 is 5.43 Å². The third-order valence-electron chi connectivity index (χ3n) is 3.52. The van der Waals surface area contributed by atoms with E-state index in [-0.39, 0.29) is 17.4 Å². The number of aryl methyl sites for hydroxylation is 1. The molecule has 3 N–H and O–H groups in total. The lowest BCUT2D eigenvalue weighted by atomic mass is 10.2. The maximum Gasteiger partial charge on any atom is 0.273 e. The van der Waals surface area contributed by atoms with Gasteiger partial charge in [0.1, 0.15) is 0 Å². The van der Waals surface area contributed by atoms with Crippen molar-refractivity contribution in [2.45, 2.75) is 0 Å². The Hall–Kier alpha value is -3.28. The van der Waals surface area contributed by atoms with Crippen LogP contribution in [0.1, 0.15) is 15.9 Å². The van der Waals surface area contributed by atoms with Crippen LogP contribution in [0.25, 0.3) is 10.9 Å². The van der Waals surface area contributed by atoms with Gasteiger partial charge in [-0.25, -0.2) is 5.43 Å². The zero-order valence-corrected chi connectivity index (χ0v) is 12.4. The Morgan fingerprint density at radius 3 is 2.74 bits per heavy atom. The van der Waals surface area contributed by atoms with Gasteiger partial charge in [-0.2, -0.15) is 5.10 Å². The summed E-state index contributed by atoms with van der Waals surface area (Å²) >= 11 is 0. The largest absolute Gasteiger partial charge is 0.504 e. The minimum absolute atomic E-state index is 0.207. The summed E-state index contributed by atoms with van der Waals surface area (Å²) < 4.78 is 1.88. The van der Waals surface area contributed by atoms with Gasteiger partial charge in [-0.1, -0.05) is 18.2 Å². The van der Waals surface area contributed by atoms with Gasteiger partial charge in [0.15, 0.2) is 11.5 Å². The summed E-state index contributed by atoms with van der Waals surface area (Å²) in [4.78, 5) is 12.3. The number of amides is 1. The fourth-order valence-electron chi connectivity index (χ4n) is 2.37. The molecule has 0 aliphatic rings. The first-order chi connectivity index (χ1) is 11.1. The SMILES string of the molecule is Cn1cc(C(=O)N/N=C\c2ccc(O)c(O)c2)c2ccccc21. The number of nitrogens with one attached hydrogen (secondary N) is 1. The molecule has 6 heteroatoms. The molecule has 2 aromatic carbocycles. The van der Waals surface area contributed by atoms with Crippen molar-refractivity contribution >= 4 is 23.0 Å². The summed E-state index contributed by atoms with van der Waals surface area (Å²) in [6.45, 7) is 0. The molecule has 0 bridgehead atoms. The van der Waals surface area contributed by atoms with E-state index in [2.05, 4.69) is 10.5 Å². The summed E-state index contributed by atoms with van der Waals surface area (Å²) in [6, 6.07) is 11.9. The first kappa shape index (κ1) is 14.6. The molecular formula is C17H15N3O3. The highest BCUT2D eigenvalue weighted by molar-refractivity contribution is 6.07. The zero-order valence-electron chi connectivity index (χ0n) is 12.4. The van der Waals surface area contributed by atoms with E-state index in [0.717, 1.165) is 10.9 Å². The molecule has 3 aromatic rings. The number of hydrogen-bond acceptors (Lipinski definition) is 4. The molecular weight excluding hydrogens is 294 g/mol. The van der Waals surface area contributed by atoms with Gasteiger partial charge >= 0.3 is 0 Å². The molecule has 0 aliphatic heterocycles. The highest BCUT2D eigenvalue weighted by atomic mass is 16.3. The van der Waals surface area contributed by atoms with Crippen LogP contribution in [-0.2, 0) is 7.05 Å². The number of para-hydroxylation sites is 1. The number of hydrogen-bond donors (Lipinski definition) is 3. The average molecular weight is 309 g/mol. The van der Waals surface area contributed by atoms with E-state index >= 15 is 0 Å². The standard InChI is InChI=1S/C17H15N3O3/c1-20-10-13(12-4-2-3-5-14(12)20)17(23)19-18-9-11-6-7-15(21)16(22)8-11/h2-10,21-22H,1H3,(H,19,23)/b18-9-. The predicted molar refractivity (Wildman–Crippen MR) is 87.8 cm³/mol. The van der Waals surface area contributed by atoms with E-state index in [1.807, 2.05) is 35.9 Å². The average Bonchev–Trinajstić information content (AvgIpc) is 2.88. The summed E-state index contributed by atoms with van der Waals surface area (Å²) in [5.74, 6) is -0.766. The van der Waals surface area contributed by atoms with Crippen LogP contribution in [0.5, 0.6) is 11.5 Å². The molecule has 0 unspecified atom stereocenters. The number of aromatic hydroxyl groups is 2. The van der Waals surface area contributed by atoms with Crippen LogP contribution >= 0.6 is 0 Å². The van der Waals surface area contributed by atoms with E-state index in [9.17, 15) is 15.0 Å². The van der Waals surface area contributed by atoms with Gasteiger partial charge in [0.05, 0.1) is 11.8 Å². The number of hydrazone groups is 1. The molecule has 6 nitrogen and oxygen atoms in total. The Bertz CT molecular complexity index is 913. The molecule has 116 valence electrons. The first-order valence-electron chi connectivity index (χ1n) is 6.95. The highest BCUT2D eigenvalue weighted by Crippen LogP contribution is 2.24. The summed E-state index contributed by atoms with van der Waals surface area (Å²) in [5.41, 5.74) is 4.51. The van der Waals surface area contributed by atoms with E-state index in [0.29, 0.717) is 11.1 Å². The van der Waals surface area contributed by atoms with Gasteiger partial charge in [0.2, 0.25) is 0 Å². The van der Waals surface area contributed by atoms with Crippen LogP contribution in [0.15, 0.2) is 53.8 Å². The molecule has 0 saturated heterocycles. The van der Waals surface area contributed by atoms with Crippen molar-refractivity contribution in [3.8, 4) is 11.5 Å². The molecule has 0 spiro atoms. The van der Waals surface area contributed by atoms with Crippen molar-refractivity contribution in [1.82, 2.24) is 9.99 Å². The van der Waals surface area contributed by atoms with Gasteiger partial charge in [-0.3, -0.25) is 4.79 Å². The number of phenolic OH excluding ortho intramolecular Hbond substituents is 2. The van der Waals surface area contributed by atoms with Crippen LogP contribution in [0.2, 0.25) is 0 Å². The molecule has 0 fully saturated rings. The van der Waals surface area contributed by atoms with Crippen LogP contribution in [0, 0.1) is 0 Å². The smallest absolute Gasteiger partial charge is 0.273 e. The lowest BCUT2D eigenvalue weighted by Gasteiger charge is -1.99. The molecule has 1 amide bonds. The maximum absolute atomic E-state index is 12.3. The van der Waals surface area contributed by atoms with Crippen molar-refractivity contribution in [2.24, 2.45) is 12.1 Å². The molecule has 3 rings (SSSR count). The Kier molecular flexibility index (Phi) is 3.72. The maximum atomic E-state index is 12.3. The Morgan fingerprint density at radius 2 is 1.96 bits per heavy atom. The second-order valence-electron chi connectivity index (χ2n) is 5.12. The van der Waals surface area contributed by atoms with Crippen LogP contribution in [0.3, 0.4) is 0 Å². The van der Waals surface area contributed by atoms with Gasteiger partial charge in [0.25, 0.3) is 5.91 Å². The van der Waals surface area contributed by atoms with Crippen LogP contribution in [-0.4, -0.2) is 26.9 Å². The second-order valence-corrected chi connectivity index (χ2v) is 5.12. The highest BCUT2D eigenvalue weighted by Gasteiger charge is 2.12. The Labute approximate surface area is 132 Å². The van der Waals surface area contributed by atoms with Crippen molar-refractivity contribution in [2.75, 3.05) is 0 Å². The number of fused-ring (bicyclic) bond motifs is 1. The Balaban J connectivity index is 1.78. The van der Waals surface area contributed by atoms with E-state index in [1.54, 1.807) is 12.3 Å². The summed E-state index contributed by atoms with van der Waals surface area (Å²) in [5, 5.41) is 23.4. The molecule has 0 saturated carbocycles. The van der Waals surface area contributed by atoms with Crippen molar-refractivity contribution < 1.29 is 15.0 Å². The van der Waals surface area contributed by atoms with Gasteiger partial charge in [-0.05, 0) is 29.8 Å². The van der Waals surface area contributed by atoms with E-state index in [1.165, 1.54) is 18.3 Å². The monoisotopic (exact) mass is 309 g/mol. The molecule has 1 aromatic heterocycles. The molecule has 23 heavy (non-hydrogen) atoms. The van der Waals surface area contributed by atoms with E-state index in [4.69, 9.17) is 0 Å². The summed E-state index contributed by atoms with van der Waals surface area (Å²) in [7, 11) is 1.88. The van der Waals surface area contributed by atoms with Crippen molar-refractivity contribution in [3.05, 3.63) is 59.8 Å². The number of phenols is 2. The number of benzene rings is 2. The predicted octanol–water partition coefficient (Wildman–Crippen LogP) is 2.35. The quantitative estimate of drug-likeness (QED) is 0.394. The topological polar surface area (TPSA) is 86.9 Å². The van der Waals surface area contributed by atoms with Crippen LogP contribution in [0.4, 0.5) is 0 Å². The molecule has 0 atom stereocenters. The fraction of sp³-hybridized carbons (Fsp3) is 0.0588. The van der Waals surface area contributed by atoms with Crippen molar-refractivity contribution in [3.63, 3.8) is 0 Å².